The van der Waals surface area contributed by atoms with Gasteiger partial charge in [-0.25, -0.2) is 0 Å². The number of nitrogens with one attached hydrogen (secondary N) is 2. The average Bonchev–Trinajstić information content (AvgIpc) is 3.47. The van der Waals surface area contributed by atoms with Gasteiger partial charge in [0, 0.05) is 5.92 Å². The highest BCUT2D eigenvalue weighted by Gasteiger charge is 2.30. The minimum Gasteiger partial charge on any atom is -0.496 e. The van der Waals surface area contributed by atoms with Gasteiger partial charge in [0.25, 0.3) is 0 Å². The molecule has 0 aliphatic heterocycles. The Hall–Kier alpha value is -2.35. The molecule has 1 unspecified atom stereocenters. The molecular formula is C18H23N5O2S. The van der Waals surface area contributed by atoms with E-state index in [0.29, 0.717) is 11.1 Å². The first-order valence-corrected chi connectivity index (χ1v) is 9.74. The predicted octanol–water partition coefficient (Wildman–Crippen LogP) is 3.43. The third-order valence-corrected chi connectivity index (χ3v) is 4.81. The summed E-state index contributed by atoms with van der Waals surface area (Å²) in [6, 6.07) is 6.03. The smallest absolute Gasteiger partial charge is 0.235 e. The number of carbonyl (C=O) groups is 1. The van der Waals surface area contributed by atoms with Crippen LogP contribution in [0.5, 0.6) is 5.75 Å². The van der Waals surface area contributed by atoms with Gasteiger partial charge in [-0.1, -0.05) is 23.9 Å². The molecule has 0 spiro atoms. The minimum atomic E-state index is -0.0337. The fourth-order valence-corrected chi connectivity index (χ4v) is 2.86. The number of hydrogen-bond donors (Lipinski definition) is 2. The van der Waals surface area contributed by atoms with E-state index >= 15 is 0 Å². The van der Waals surface area contributed by atoms with Crippen LogP contribution in [0.15, 0.2) is 23.4 Å². The summed E-state index contributed by atoms with van der Waals surface area (Å²) in [7, 11) is 1.66. The Bertz CT molecular complexity index is 810. The van der Waals surface area contributed by atoms with Gasteiger partial charge in [-0.05, 0) is 50.1 Å². The number of amides is 1. The first kappa shape index (κ1) is 18.4. The van der Waals surface area contributed by atoms with Gasteiger partial charge in [-0.2, -0.15) is 15.0 Å². The number of carbonyl (C=O) groups excluding carboxylic acids is 1. The first-order chi connectivity index (χ1) is 12.5. The number of nitrogens with zero attached hydrogens (tertiary/aromatic N) is 3. The highest BCUT2D eigenvalue weighted by atomic mass is 32.2. The maximum Gasteiger partial charge on any atom is 0.235 e. The Kier molecular flexibility index (Phi) is 5.61. The summed E-state index contributed by atoms with van der Waals surface area (Å²) in [5.74, 6) is 1.64. The summed E-state index contributed by atoms with van der Waals surface area (Å²) in [5.41, 5.74) is 2.14. The second kappa shape index (κ2) is 7.90. The van der Waals surface area contributed by atoms with Crippen LogP contribution >= 0.6 is 11.8 Å². The van der Waals surface area contributed by atoms with Gasteiger partial charge >= 0.3 is 0 Å². The molecule has 0 saturated heterocycles. The molecule has 2 aromatic rings. The standard InChI is InChI=1S/C18H23N5O2S/c1-10-5-6-13(9-14(10)25-3)11(2)19-16-21-17(23-18(22-16)26-4)20-15(24)12-7-8-12/h5-6,9,11-12H,7-8H2,1-4H3,(H2,19,20,21,22,23,24). The molecule has 1 aromatic heterocycles. The molecule has 138 valence electrons. The SMILES string of the molecule is COc1cc(C(C)Nc2nc(NC(=O)C3CC3)nc(SC)n2)ccc1C. The molecule has 1 atom stereocenters. The zero-order valence-electron chi connectivity index (χ0n) is 15.4. The molecule has 1 saturated carbocycles. The lowest BCUT2D eigenvalue weighted by atomic mass is 10.1. The van der Waals surface area contributed by atoms with Gasteiger partial charge in [-0.15, -0.1) is 0 Å². The van der Waals surface area contributed by atoms with Crippen molar-refractivity contribution in [2.24, 2.45) is 5.92 Å². The van der Waals surface area contributed by atoms with Crippen molar-refractivity contribution >= 4 is 29.6 Å². The van der Waals surface area contributed by atoms with Crippen molar-refractivity contribution < 1.29 is 9.53 Å². The third kappa shape index (κ3) is 4.43. The number of anilines is 2. The topological polar surface area (TPSA) is 89.0 Å². The van der Waals surface area contributed by atoms with Crippen LogP contribution < -0.4 is 15.4 Å². The number of thioether (sulfide) groups is 1. The molecule has 0 radical (unpaired) electrons. The Labute approximate surface area is 157 Å². The second-order valence-electron chi connectivity index (χ2n) is 6.33. The van der Waals surface area contributed by atoms with Crippen molar-refractivity contribution in [1.82, 2.24) is 15.0 Å². The van der Waals surface area contributed by atoms with Crippen LogP contribution in [0, 0.1) is 12.8 Å². The Morgan fingerprint density at radius 3 is 2.65 bits per heavy atom. The van der Waals surface area contributed by atoms with E-state index in [4.69, 9.17) is 4.74 Å². The minimum absolute atomic E-state index is 0.0227. The third-order valence-electron chi connectivity index (χ3n) is 4.26. The fraction of sp³-hybridized carbons (Fsp3) is 0.444. The van der Waals surface area contributed by atoms with Crippen molar-refractivity contribution in [3.05, 3.63) is 29.3 Å². The van der Waals surface area contributed by atoms with Crippen molar-refractivity contribution in [3.8, 4) is 5.75 Å². The number of aromatic nitrogens is 3. The summed E-state index contributed by atoms with van der Waals surface area (Å²) in [6.07, 6.45) is 3.76. The van der Waals surface area contributed by atoms with E-state index in [0.717, 1.165) is 29.7 Å². The quantitative estimate of drug-likeness (QED) is 0.719. The van der Waals surface area contributed by atoms with Crippen LogP contribution in [-0.2, 0) is 4.79 Å². The molecule has 1 aromatic carbocycles. The summed E-state index contributed by atoms with van der Waals surface area (Å²) in [6.45, 7) is 4.03. The summed E-state index contributed by atoms with van der Waals surface area (Å²) < 4.78 is 5.39. The first-order valence-electron chi connectivity index (χ1n) is 8.52. The van der Waals surface area contributed by atoms with Gasteiger partial charge in [0.2, 0.25) is 17.8 Å². The highest BCUT2D eigenvalue weighted by molar-refractivity contribution is 7.98. The number of benzene rings is 1. The van der Waals surface area contributed by atoms with Crippen LogP contribution in [0.3, 0.4) is 0 Å². The van der Waals surface area contributed by atoms with Gasteiger partial charge in [0.05, 0.1) is 13.2 Å². The van der Waals surface area contributed by atoms with E-state index in [9.17, 15) is 4.79 Å². The second-order valence-corrected chi connectivity index (χ2v) is 7.10. The molecule has 1 aliphatic carbocycles. The molecule has 1 amide bonds. The zero-order chi connectivity index (χ0) is 18.7. The number of hydrogen-bond acceptors (Lipinski definition) is 7. The van der Waals surface area contributed by atoms with Crippen molar-refractivity contribution in [2.75, 3.05) is 24.0 Å². The number of methoxy groups -OCH3 is 1. The molecule has 1 heterocycles. The van der Waals surface area contributed by atoms with E-state index < -0.39 is 0 Å². The number of ether oxygens (including phenoxy) is 1. The van der Waals surface area contributed by atoms with Gasteiger partial charge in [-0.3, -0.25) is 10.1 Å². The van der Waals surface area contributed by atoms with Crippen molar-refractivity contribution in [3.63, 3.8) is 0 Å². The van der Waals surface area contributed by atoms with Gasteiger partial charge < -0.3 is 10.1 Å². The summed E-state index contributed by atoms with van der Waals surface area (Å²) >= 11 is 1.41. The van der Waals surface area contributed by atoms with E-state index in [2.05, 4.69) is 25.6 Å². The Morgan fingerprint density at radius 2 is 2.00 bits per heavy atom. The molecular weight excluding hydrogens is 350 g/mol. The molecule has 0 bridgehead atoms. The fourth-order valence-electron chi connectivity index (χ4n) is 2.51. The highest BCUT2D eigenvalue weighted by Crippen LogP contribution is 2.30. The van der Waals surface area contributed by atoms with Crippen LogP contribution in [0.2, 0.25) is 0 Å². The molecule has 26 heavy (non-hydrogen) atoms. The van der Waals surface area contributed by atoms with E-state index in [1.165, 1.54) is 11.8 Å². The maximum absolute atomic E-state index is 12.0. The van der Waals surface area contributed by atoms with Crippen LogP contribution in [0.25, 0.3) is 0 Å². The molecule has 1 fully saturated rings. The zero-order valence-corrected chi connectivity index (χ0v) is 16.2. The summed E-state index contributed by atoms with van der Waals surface area (Å²) in [5, 5.41) is 6.62. The van der Waals surface area contributed by atoms with Gasteiger partial charge in [0.1, 0.15) is 5.75 Å². The molecule has 2 N–H and O–H groups in total. The van der Waals surface area contributed by atoms with Gasteiger partial charge in [0.15, 0.2) is 5.16 Å². The molecule has 8 heteroatoms. The average molecular weight is 373 g/mol. The van der Waals surface area contributed by atoms with Crippen molar-refractivity contribution in [2.45, 2.75) is 37.9 Å². The lowest BCUT2D eigenvalue weighted by Gasteiger charge is -2.17. The van der Waals surface area contributed by atoms with E-state index in [1.54, 1.807) is 7.11 Å². The molecule has 1 aliphatic rings. The van der Waals surface area contributed by atoms with Crippen molar-refractivity contribution in [1.29, 1.82) is 0 Å². The summed E-state index contributed by atoms with van der Waals surface area (Å²) in [4.78, 5) is 25.0. The molecule has 7 nitrogen and oxygen atoms in total. The Balaban J connectivity index is 1.78. The van der Waals surface area contributed by atoms with E-state index in [1.807, 2.05) is 38.3 Å². The monoisotopic (exact) mass is 373 g/mol. The van der Waals surface area contributed by atoms with E-state index in [-0.39, 0.29) is 23.8 Å². The molecule has 3 rings (SSSR count). The lowest BCUT2D eigenvalue weighted by molar-refractivity contribution is -0.117. The lowest BCUT2D eigenvalue weighted by Crippen LogP contribution is -2.18. The normalized spacial score (nSPS) is 14.6. The van der Waals surface area contributed by atoms with Crippen LogP contribution in [0.1, 0.15) is 36.9 Å². The van der Waals surface area contributed by atoms with Crippen LogP contribution in [0.4, 0.5) is 11.9 Å². The Morgan fingerprint density at radius 1 is 1.27 bits per heavy atom. The van der Waals surface area contributed by atoms with Crippen LogP contribution in [-0.4, -0.2) is 34.2 Å². The maximum atomic E-state index is 12.0. The largest absolute Gasteiger partial charge is 0.496 e. The predicted molar refractivity (Wildman–Crippen MR) is 103 cm³/mol. The number of aryl methyl sites for hydroxylation is 1. The number of rotatable bonds is 7.